The molecule has 0 rings (SSSR count). The van der Waals surface area contributed by atoms with Gasteiger partial charge in [0, 0.05) is 6.54 Å². The highest BCUT2D eigenvalue weighted by Gasteiger charge is 2.22. The summed E-state index contributed by atoms with van der Waals surface area (Å²) in [5, 5.41) is 21.1. The first kappa shape index (κ1) is 17.0. The number of hydrogen-bond acceptors (Lipinski definition) is 4. The molecule has 0 aliphatic carbocycles. The van der Waals surface area contributed by atoms with E-state index >= 15 is 0 Å². The third-order valence-corrected chi connectivity index (χ3v) is 1.76. The van der Waals surface area contributed by atoms with Crippen molar-refractivity contribution in [1.29, 1.82) is 0 Å². The van der Waals surface area contributed by atoms with Crippen molar-refractivity contribution in [3.05, 3.63) is 0 Å². The van der Waals surface area contributed by atoms with Crippen LogP contribution in [-0.2, 0) is 14.3 Å². The molecule has 0 bridgehead atoms. The van der Waals surface area contributed by atoms with E-state index in [1.54, 1.807) is 0 Å². The molecule has 0 aliphatic rings. The predicted molar refractivity (Wildman–Crippen MR) is 57.0 cm³/mol. The number of alkyl halides is 2. The maximum absolute atomic E-state index is 11.7. The first-order valence-electron chi connectivity index (χ1n) is 5.17. The van der Waals surface area contributed by atoms with E-state index in [1.165, 1.54) is 0 Å². The summed E-state index contributed by atoms with van der Waals surface area (Å²) in [6.45, 7) is -1.05. The lowest BCUT2D eigenvalue weighted by Crippen LogP contribution is -2.47. The summed E-state index contributed by atoms with van der Waals surface area (Å²) in [7, 11) is 0. The van der Waals surface area contributed by atoms with Crippen LogP contribution in [0.4, 0.5) is 13.6 Å². The van der Waals surface area contributed by atoms with Crippen LogP contribution in [0.25, 0.3) is 0 Å². The molecule has 0 heterocycles. The molecule has 0 unspecified atom stereocenters. The molecular formula is C9H14F2N2O6. The third kappa shape index (κ3) is 9.71. The van der Waals surface area contributed by atoms with Gasteiger partial charge in [-0.15, -0.1) is 0 Å². The molecule has 19 heavy (non-hydrogen) atoms. The molecule has 8 nitrogen and oxygen atoms in total. The van der Waals surface area contributed by atoms with Gasteiger partial charge in [0.15, 0.2) is 0 Å². The van der Waals surface area contributed by atoms with Gasteiger partial charge in [0.05, 0.1) is 13.0 Å². The molecule has 1 atom stereocenters. The lowest BCUT2D eigenvalue weighted by molar-refractivity contribution is -0.145. The molecule has 10 heteroatoms. The number of carbonyl (C=O) groups excluding carboxylic acids is 1. The van der Waals surface area contributed by atoms with Crippen molar-refractivity contribution in [2.45, 2.75) is 18.9 Å². The van der Waals surface area contributed by atoms with Gasteiger partial charge in [-0.3, -0.25) is 4.79 Å². The Hall–Kier alpha value is -1.97. The number of carbonyl (C=O) groups is 3. The van der Waals surface area contributed by atoms with Gasteiger partial charge in [0.1, 0.15) is 12.6 Å². The molecule has 0 radical (unpaired) electrons. The Kier molecular flexibility index (Phi) is 8.09. The van der Waals surface area contributed by atoms with Gasteiger partial charge in [0.25, 0.3) is 6.43 Å². The minimum atomic E-state index is -2.61. The van der Waals surface area contributed by atoms with Crippen LogP contribution in [0.3, 0.4) is 0 Å². The minimum absolute atomic E-state index is 0.113. The second kappa shape index (κ2) is 9.03. The first-order valence-corrected chi connectivity index (χ1v) is 5.17. The summed E-state index contributed by atoms with van der Waals surface area (Å²) in [6, 6.07) is -2.49. The Morgan fingerprint density at radius 1 is 1.21 bits per heavy atom. The van der Waals surface area contributed by atoms with E-state index in [0.29, 0.717) is 0 Å². The summed E-state index contributed by atoms with van der Waals surface area (Å²) < 4.78 is 27.8. The second-order valence-corrected chi connectivity index (χ2v) is 3.35. The van der Waals surface area contributed by atoms with Crippen LogP contribution in [-0.4, -0.2) is 60.4 Å². The minimum Gasteiger partial charge on any atom is -0.481 e. The third-order valence-electron chi connectivity index (χ3n) is 1.76. The zero-order valence-corrected chi connectivity index (χ0v) is 9.77. The first-order chi connectivity index (χ1) is 8.82. The lowest BCUT2D eigenvalue weighted by atomic mass is 10.2. The quantitative estimate of drug-likeness (QED) is 0.423. The number of carboxylic acids is 2. The van der Waals surface area contributed by atoms with Crippen LogP contribution in [0.2, 0.25) is 0 Å². The van der Waals surface area contributed by atoms with Crippen molar-refractivity contribution in [1.82, 2.24) is 10.6 Å². The topological polar surface area (TPSA) is 125 Å². The summed E-state index contributed by atoms with van der Waals surface area (Å²) in [5.41, 5.74) is 0. The van der Waals surface area contributed by atoms with Crippen LogP contribution in [0.1, 0.15) is 6.42 Å². The summed E-state index contributed by atoms with van der Waals surface area (Å²) >= 11 is 0. The number of urea groups is 1. The van der Waals surface area contributed by atoms with E-state index in [2.05, 4.69) is 10.1 Å². The molecular weight excluding hydrogens is 270 g/mol. The fourth-order valence-electron chi connectivity index (χ4n) is 0.993. The van der Waals surface area contributed by atoms with Gasteiger partial charge < -0.3 is 25.6 Å². The van der Waals surface area contributed by atoms with E-state index in [-0.39, 0.29) is 13.2 Å². The van der Waals surface area contributed by atoms with Crippen molar-refractivity contribution >= 4 is 18.0 Å². The summed E-state index contributed by atoms with van der Waals surface area (Å²) in [6.07, 6.45) is -3.38. The zero-order chi connectivity index (χ0) is 14.8. The van der Waals surface area contributed by atoms with E-state index in [9.17, 15) is 23.2 Å². The largest absolute Gasteiger partial charge is 0.481 e. The SMILES string of the molecule is O=C(O)C[C@H](NC(=O)NCCOCC(F)F)C(=O)O. The van der Waals surface area contributed by atoms with Gasteiger partial charge in [-0.2, -0.15) is 0 Å². The maximum Gasteiger partial charge on any atom is 0.326 e. The van der Waals surface area contributed by atoms with Crippen LogP contribution >= 0.6 is 0 Å². The molecule has 2 amide bonds. The summed E-state index contributed by atoms with van der Waals surface area (Å²) in [5.74, 6) is -2.88. The number of halogens is 2. The normalized spacial score (nSPS) is 11.9. The van der Waals surface area contributed by atoms with Crippen molar-refractivity contribution in [2.24, 2.45) is 0 Å². The monoisotopic (exact) mass is 284 g/mol. The Morgan fingerprint density at radius 2 is 1.84 bits per heavy atom. The van der Waals surface area contributed by atoms with Gasteiger partial charge in [-0.25, -0.2) is 18.4 Å². The molecule has 0 fully saturated rings. The highest BCUT2D eigenvalue weighted by Crippen LogP contribution is 1.93. The van der Waals surface area contributed by atoms with Gasteiger partial charge >= 0.3 is 18.0 Å². The van der Waals surface area contributed by atoms with Crippen LogP contribution in [0, 0.1) is 0 Å². The van der Waals surface area contributed by atoms with Gasteiger partial charge in [0.2, 0.25) is 0 Å². The smallest absolute Gasteiger partial charge is 0.326 e. The number of ether oxygens (including phenoxy) is 1. The molecule has 110 valence electrons. The van der Waals surface area contributed by atoms with Crippen LogP contribution in [0.5, 0.6) is 0 Å². The molecule has 0 aromatic heterocycles. The Bertz CT molecular complexity index is 326. The van der Waals surface area contributed by atoms with Crippen molar-refractivity contribution in [3.8, 4) is 0 Å². The van der Waals surface area contributed by atoms with Gasteiger partial charge in [-0.1, -0.05) is 0 Å². The highest BCUT2D eigenvalue weighted by atomic mass is 19.3. The maximum atomic E-state index is 11.7. The van der Waals surface area contributed by atoms with E-state index in [4.69, 9.17) is 10.2 Å². The summed E-state index contributed by atoms with van der Waals surface area (Å²) in [4.78, 5) is 32.1. The number of rotatable bonds is 9. The Balaban J connectivity index is 3.87. The molecule has 0 saturated carbocycles. The van der Waals surface area contributed by atoms with Crippen molar-refractivity contribution in [3.63, 3.8) is 0 Å². The lowest BCUT2D eigenvalue weighted by Gasteiger charge is -2.13. The van der Waals surface area contributed by atoms with E-state index in [0.717, 1.165) is 0 Å². The van der Waals surface area contributed by atoms with Crippen LogP contribution in [0.15, 0.2) is 0 Å². The molecule has 0 saturated heterocycles. The van der Waals surface area contributed by atoms with Crippen molar-refractivity contribution < 1.29 is 38.1 Å². The highest BCUT2D eigenvalue weighted by molar-refractivity contribution is 5.86. The molecule has 0 spiro atoms. The number of hydrogen-bond donors (Lipinski definition) is 4. The molecule has 0 aromatic carbocycles. The Labute approximate surface area is 106 Å². The fraction of sp³-hybridized carbons (Fsp3) is 0.667. The van der Waals surface area contributed by atoms with E-state index < -0.39 is 43.5 Å². The standard InChI is InChI=1S/C9H14F2N2O6/c10-6(11)4-19-2-1-12-9(18)13-5(8(16)17)3-7(14)15/h5-6H,1-4H2,(H,14,15)(H,16,17)(H2,12,13,18)/t5-/m0/s1. The Morgan fingerprint density at radius 3 is 2.32 bits per heavy atom. The molecule has 0 aromatic rings. The molecule has 0 aliphatic heterocycles. The fourth-order valence-corrected chi connectivity index (χ4v) is 0.993. The average molecular weight is 284 g/mol. The van der Waals surface area contributed by atoms with Crippen molar-refractivity contribution in [2.75, 3.05) is 19.8 Å². The van der Waals surface area contributed by atoms with Gasteiger partial charge in [-0.05, 0) is 0 Å². The molecule has 4 N–H and O–H groups in total. The average Bonchev–Trinajstić information content (AvgIpc) is 2.26. The zero-order valence-electron chi connectivity index (χ0n) is 9.77. The second-order valence-electron chi connectivity index (χ2n) is 3.35. The number of aliphatic carboxylic acids is 2. The number of carboxylic acid groups (broad SMARTS) is 2. The van der Waals surface area contributed by atoms with Crippen LogP contribution < -0.4 is 10.6 Å². The number of amides is 2. The van der Waals surface area contributed by atoms with E-state index in [1.807, 2.05) is 5.32 Å². The predicted octanol–water partition coefficient (Wildman–Crippen LogP) is -0.505. The number of nitrogens with one attached hydrogen (secondary N) is 2.